The smallest absolute Gasteiger partial charge is 0.166 e. The third kappa shape index (κ3) is 3.06. The maximum Gasteiger partial charge on any atom is 0.166 e. The maximum absolute atomic E-state index is 13.4. The average molecular weight is 245 g/mol. The van der Waals surface area contributed by atoms with E-state index in [1.807, 2.05) is 0 Å². The van der Waals surface area contributed by atoms with E-state index in [9.17, 15) is 4.39 Å². The van der Waals surface area contributed by atoms with E-state index in [1.165, 1.54) is 18.7 Å². The van der Waals surface area contributed by atoms with Gasteiger partial charge in [-0.25, -0.2) is 9.37 Å². The Morgan fingerprint density at radius 1 is 1.56 bits per heavy atom. The summed E-state index contributed by atoms with van der Waals surface area (Å²) in [6.07, 6.45) is 4.88. The van der Waals surface area contributed by atoms with Crippen molar-refractivity contribution in [3.8, 4) is 0 Å². The van der Waals surface area contributed by atoms with Gasteiger partial charge >= 0.3 is 0 Å². The summed E-state index contributed by atoms with van der Waals surface area (Å²) in [5.74, 6) is -0.193. The molecule has 2 heterocycles. The molecule has 1 aromatic rings. The van der Waals surface area contributed by atoms with E-state index >= 15 is 0 Å². The molecule has 1 fully saturated rings. The molecule has 0 aromatic carbocycles. The van der Waals surface area contributed by atoms with Gasteiger partial charge in [-0.2, -0.15) is 0 Å². The molecule has 1 aromatic heterocycles. The lowest BCUT2D eigenvalue weighted by Crippen LogP contribution is -2.27. The van der Waals surface area contributed by atoms with Gasteiger partial charge in [-0.05, 0) is 25.3 Å². The van der Waals surface area contributed by atoms with Crippen molar-refractivity contribution in [1.29, 1.82) is 0 Å². The molecule has 0 aliphatic carbocycles. The van der Waals surface area contributed by atoms with Gasteiger partial charge in [0.2, 0.25) is 0 Å². The molecule has 0 amide bonds. The molecule has 2 rings (SSSR count). The fourth-order valence-corrected chi connectivity index (χ4v) is 1.87. The molecule has 1 atom stereocenters. The van der Waals surface area contributed by atoms with Crippen LogP contribution in [0.4, 0.5) is 10.2 Å². The minimum Gasteiger partial charge on any atom is -0.376 e. The number of hydrogen-bond donors (Lipinski definition) is 1. The lowest BCUT2D eigenvalue weighted by molar-refractivity contribution is 0.0247. The van der Waals surface area contributed by atoms with E-state index in [2.05, 4.69) is 10.3 Å². The van der Waals surface area contributed by atoms with Crippen molar-refractivity contribution in [1.82, 2.24) is 4.98 Å². The molecule has 0 saturated carbocycles. The first-order valence-electron chi connectivity index (χ1n) is 5.42. The van der Waals surface area contributed by atoms with E-state index in [-0.39, 0.29) is 11.9 Å². The van der Waals surface area contributed by atoms with Crippen LogP contribution in [0.15, 0.2) is 12.3 Å². The normalized spacial score (nSPS) is 20.8. The molecule has 0 radical (unpaired) electrons. The zero-order valence-electron chi connectivity index (χ0n) is 8.88. The number of pyridine rings is 1. The van der Waals surface area contributed by atoms with Crippen LogP contribution in [0.3, 0.4) is 0 Å². The van der Waals surface area contributed by atoms with Crippen molar-refractivity contribution in [2.24, 2.45) is 0 Å². The van der Waals surface area contributed by atoms with Gasteiger partial charge in [0.1, 0.15) is 0 Å². The molecule has 3 nitrogen and oxygen atoms in total. The zero-order valence-corrected chi connectivity index (χ0v) is 9.63. The number of rotatable bonds is 3. The van der Waals surface area contributed by atoms with E-state index in [0.29, 0.717) is 11.6 Å². The van der Waals surface area contributed by atoms with Gasteiger partial charge in [0, 0.05) is 19.3 Å². The molecule has 1 aliphatic rings. The van der Waals surface area contributed by atoms with Crippen molar-refractivity contribution in [2.45, 2.75) is 25.4 Å². The standard InChI is InChI=1S/C11H14ClFN2O/c12-8-5-10(13)11(14-6-8)15-7-9-3-1-2-4-16-9/h5-6,9H,1-4,7H2,(H,14,15). The second-order valence-electron chi connectivity index (χ2n) is 3.85. The number of halogens is 2. The highest BCUT2D eigenvalue weighted by atomic mass is 35.5. The van der Waals surface area contributed by atoms with Crippen molar-refractivity contribution in [3.05, 3.63) is 23.1 Å². The van der Waals surface area contributed by atoms with Crippen molar-refractivity contribution < 1.29 is 9.13 Å². The van der Waals surface area contributed by atoms with E-state index in [1.54, 1.807) is 0 Å². The Morgan fingerprint density at radius 2 is 2.44 bits per heavy atom. The number of hydrogen-bond acceptors (Lipinski definition) is 3. The number of anilines is 1. The highest BCUT2D eigenvalue weighted by molar-refractivity contribution is 6.30. The Bertz CT molecular complexity index is 356. The fourth-order valence-electron chi connectivity index (χ4n) is 1.72. The predicted octanol–water partition coefficient (Wildman–Crippen LogP) is 2.86. The van der Waals surface area contributed by atoms with Gasteiger partial charge in [-0.15, -0.1) is 0 Å². The zero-order chi connectivity index (χ0) is 11.4. The lowest BCUT2D eigenvalue weighted by Gasteiger charge is -2.22. The Morgan fingerprint density at radius 3 is 3.12 bits per heavy atom. The van der Waals surface area contributed by atoms with Crippen molar-refractivity contribution >= 4 is 17.4 Å². The molecule has 5 heteroatoms. The molecule has 0 spiro atoms. The first-order valence-corrected chi connectivity index (χ1v) is 5.80. The molecule has 0 bridgehead atoms. The third-order valence-corrected chi connectivity index (χ3v) is 2.79. The number of ether oxygens (including phenoxy) is 1. The lowest BCUT2D eigenvalue weighted by atomic mass is 10.1. The molecular formula is C11H14ClFN2O. The van der Waals surface area contributed by atoms with Crippen LogP contribution in [0.1, 0.15) is 19.3 Å². The SMILES string of the molecule is Fc1cc(Cl)cnc1NCC1CCCCO1. The minimum absolute atomic E-state index is 0.158. The Hall–Kier alpha value is -0.870. The number of nitrogens with zero attached hydrogens (tertiary/aromatic N) is 1. The van der Waals surface area contributed by atoms with Gasteiger partial charge in [-0.1, -0.05) is 11.6 Å². The van der Waals surface area contributed by atoms with Crippen LogP contribution in [0, 0.1) is 5.82 Å². The van der Waals surface area contributed by atoms with Gasteiger partial charge in [-0.3, -0.25) is 0 Å². The second-order valence-corrected chi connectivity index (χ2v) is 4.29. The summed E-state index contributed by atoms with van der Waals surface area (Å²) >= 11 is 5.61. The average Bonchev–Trinajstić information content (AvgIpc) is 2.29. The van der Waals surface area contributed by atoms with Gasteiger partial charge in [0.25, 0.3) is 0 Å². The maximum atomic E-state index is 13.4. The van der Waals surface area contributed by atoms with Crippen LogP contribution in [0.5, 0.6) is 0 Å². The second kappa shape index (κ2) is 5.46. The van der Waals surface area contributed by atoms with Gasteiger partial charge < -0.3 is 10.1 Å². The fraction of sp³-hybridized carbons (Fsp3) is 0.545. The quantitative estimate of drug-likeness (QED) is 0.888. The van der Waals surface area contributed by atoms with Crippen LogP contribution in [-0.2, 0) is 4.74 Å². The highest BCUT2D eigenvalue weighted by Gasteiger charge is 2.14. The van der Waals surface area contributed by atoms with E-state index < -0.39 is 5.82 Å². The molecule has 1 unspecified atom stereocenters. The summed E-state index contributed by atoms with van der Waals surface area (Å²) in [7, 11) is 0. The summed E-state index contributed by atoms with van der Waals surface area (Å²) < 4.78 is 18.9. The predicted molar refractivity (Wildman–Crippen MR) is 61.3 cm³/mol. The first-order chi connectivity index (χ1) is 7.75. The van der Waals surface area contributed by atoms with Crippen LogP contribution in [0.2, 0.25) is 5.02 Å². The Labute approximate surface area is 99.0 Å². The number of nitrogens with one attached hydrogen (secondary N) is 1. The first kappa shape index (κ1) is 11.6. The van der Waals surface area contributed by atoms with Crippen LogP contribution >= 0.6 is 11.6 Å². The van der Waals surface area contributed by atoms with E-state index in [0.717, 1.165) is 19.4 Å². The largest absolute Gasteiger partial charge is 0.376 e. The summed E-state index contributed by atoms with van der Waals surface area (Å²) in [4.78, 5) is 3.89. The summed E-state index contributed by atoms with van der Waals surface area (Å²) in [5, 5.41) is 3.24. The molecule has 1 N–H and O–H groups in total. The van der Waals surface area contributed by atoms with Crippen LogP contribution in [0.25, 0.3) is 0 Å². The summed E-state index contributed by atoms with van der Waals surface area (Å²) in [5.41, 5.74) is 0. The van der Waals surface area contributed by atoms with Gasteiger partial charge in [0.15, 0.2) is 11.6 Å². The summed E-state index contributed by atoms with van der Waals surface area (Å²) in [6.45, 7) is 1.38. The molecule has 1 aliphatic heterocycles. The van der Waals surface area contributed by atoms with Crippen molar-refractivity contribution in [3.63, 3.8) is 0 Å². The minimum atomic E-state index is -0.427. The van der Waals surface area contributed by atoms with Crippen LogP contribution < -0.4 is 5.32 Å². The monoisotopic (exact) mass is 244 g/mol. The molecule has 1 saturated heterocycles. The van der Waals surface area contributed by atoms with Gasteiger partial charge in [0.05, 0.1) is 11.1 Å². The highest BCUT2D eigenvalue weighted by Crippen LogP contribution is 2.17. The third-order valence-electron chi connectivity index (χ3n) is 2.58. The number of aromatic nitrogens is 1. The summed E-state index contributed by atoms with van der Waals surface area (Å²) in [6, 6.07) is 1.25. The molecular weight excluding hydrogens is 231 g/mol. The Kier molecular flexibility index (Phi) is 3.96. The molecule has 88 valence electrons. The van der Waals surface area contributed by atoms with Crippen molar-refractivity contribution in [2.75, 3.05) is 18.5 Å². The van der Waals surface area contributed by atoms with Crippen LogP contribution in [-0.4, -0.2) is 24.2 Å². The Balaban J connectivity index is 1.88. The van der Waals surface area contributed by atoms with E-state index in [4.69, 9.17) is 16.3 Å². The topological polar surface area (TPSA) is 34.2 Å². The molecule has 16 heavy (non-hydrogen) atoms.